The van der Waals surface area contributed by atoms with Gasteiger partial charge in [0.25, 0.3) is 0 Å². The molecule has 0 atom stereocenters. The Morgan fingerprint density at radius 2 is 0.875 bits per heavy atom. The van der Waals surface area contributed by atoms with E-state index in [4.69, 9.17) is 9.97 Å². The molecule has 0 N–H and O–H groups in total. The maximum absolute atomic E-state index is 5.12. The van der Waals surface area contributed by atoms with Crippen molar-refractivity contribution in [3.05, 3.63) is 190 Å². The van der Waals surface area contributed by atoms with E-state index in [9.17, 15) is 0 Å². The summed E-state index contributed by atoms with van der Waals surface area (Å²) in [5.41, 5.74) is 19.9. The highest BCUT2D eigenvalue weighted by Gasteiger charge is 2.59. The van der Waals surface area contributed by atoms with Crippen molar-refractivity contribution < 1.29 is 0 Å². The van der Waals surface area contributed by atoms with E-state index < -0.39 is 11.1 Å². The van der Waals surface area contributed by atoms with Gasteiger partial charge in [0.15, 0.2) is 5.66 Å². The minimum absolute atomic E-state index is 0.475. The van der Waals surface area contributed by atoms with Crippen LogP contribution in [-0.2, 0) is 11.1 Å². The molecule has 0 unspecified atom stereocenters. The summed E-state index contributed by atoms with van der Waals surface area (Å²) < 4.78 is 0. The molecule has 4 aromatic carbocycles. The Bertz CT molecular complexity index is 2540. The molecule has 7 aliphatic rings. The van der Waals surface area contributed by atoms with Crippen LogP contribution in [0, 0.1) is 0 Å². The van der Waals surface area contributed by atoms with E-state index in [-0.39, 0.29) is 0 Å². The molecule has 0 amide bonds. The van der Waals surface area contributed by atoms with E-state index in [0.717, 1.165) is 50.4 Å². The van der Waals surface area contributed by atoms with E-state index in [1.165, 1.54) is 104 Å². The van der Waals surface area contributed by atoms with Crippen LogP contribution in [0.2, 0.25) is 0 Å². The molecule has 56 heavy (non-hydrogen) atoms. The van der Waals surface area contributed by atoms with Gasteiger partial charge in [-0.1, -0.05) is 84.9 Å². The van der Waals surface area contributed by atoms with Crippen molar-refractivity contribution in [2.75, 3.05) is 23.1 Å². The molecule has 3 aliphatic heterocycles. The lowest BCUT2D eigenvalue weighted by Gasteiger charge is -2.51. The third-order valence-electron chi connectivity index (χ3n) is 14.2. The zero-order chi connectivity index (χ0) is 36.6. The second-order valence-electron chi connectivity index (χ2n) is 16.6. The fourth-order valence-corrected chi connectivity index (χ4v) is 12.1. The van der Waals surface area contributed by atoms with Crippen molar-refractivity contribution in [2.24, 2.45) is 0 Å². The van der Waals surface area contributed by atoms with E-state index in [0.29, 0.717) is 0 Å². The van der Waals surface area contributed by atoms with Crippen LogP contribution in [0.1, 0.15) is 84.7 Å². The van der Waals surface area contributed by atoms with E-state index in [1.807, 2.05) is 12.4 Å². The van der Waals surface area contributed by atoms with Gasteiger partial charge in [-0.15, -0.1) is 0 Å². The number of nitrogens with zero attached hydrogens (tertiary/aromatic N) is 6. The summed E-state index contributed by atoms with van der Waals surface area (Å²) in [6.07, 6.45) is 13.0. The number of fused-ring (bicyclic) bond motifs is 28. The number of benzene rings is 4. The molecule has 13 rings (SSSR count). The molecule has 4 aliphatic carbocycles. The molecular formula is C50H42N6. The Labute approximate surface area is 328 Å². The molecule has 2 aromatic heterocycles. The average molecular weight is 727 g/mol. The van der Waals surface area contributed by atoms with Crippen LogP contribution in [0.3, 0.4) is 0 Å². The van der Waals surface area contributed by atoms with Gasteiger partial charge in [0, 0.05) is 57.7 Å². The van der Waals surface area contributed by atoms with Crippen LogP contribution in [0.4, 0.5) is 11.4 Å². The van der Waals surface area contributed by atoms with Crippen LogP contribution in [0.15, 0.2) is 157 Å². The standard InChI is InChI=1S/C50H42N6/c1-3-19-39-37(17-1)38-18-2-4-20-40(38)49(39)33-13-9-15-35(29-33)53-31-55(45-25-7-5-23-43(45)53)50(41-21-11-27-51-47(41)48-42(50)22-12-28-52-48)56-32-54(36-16-10-14-34(49)30-36)44-24-6-8-26-46(44)56/h1-4,9-22,27-30H,5-8,23-26,31-32H2. The molecule has 8 bridgehead atoms. The van der Waals surface area contributed by atoms with Gasteiger partial charge in [-0.3, -0.25) is 9.97 Å². The zero-order valence-electron chi connectivity index (χ0n) is 31.5. The maximum atomic E-state index is 5.12. The summed E-state index contributed by atoms with van der Waals surface area (Å²) in [6.45, 7) is 1.53. The Balaban J connectivity index is 1.15. The number of pyridine rings is 2. The van der Waals surface area contributed by atoms with Gasteiger partial charge in [-0.2, -0.15) is 0 Å². The minimum Gasteiger partial charge on any atom is -0.325 e. The minimum atomic E-state index is -0.601. The summed E-state index contributed by atoms with van der Waals surface area (Å²) in [5.74, 6) is 0. The van der Waals surface area contributed by atoms with Gasteiger partial charge in [0.2, 0.25) is 0 Å². The molecule has 0 radical (unpaired) electrons. The Kier molecular flexibility index (Phi) is 6.23. The molecule has 272 valence electrons. The van der Waals surface area contributed by atoms with E-state index >= 15 is 0 Å². The Hall–Kier alpha value is -6.14. The van der Waals surface area contributed by atoms with E-state index in [2.05, 4.69) is 141 Å². The first-order valence-electron chi connectivity index (χ1n) is 20.6. The number of allylic oxidation sites excluding steroid dienone is 4. The Morgan fingerprint density at radius 1 is 0.429 bits per heavy atom. The highest BCUT2D eigenvalue weighted by Crippen LogP contribution is 2.61. The average Bonchev–Trinajstić information content (AvgIpc) is 4.01. The summed E-state index contributed by atoms with van der Waals surface area (Å²) in [6, 6.07) is 46.5. The van der Waals surface area contributed by atoms with Gasteiger partial charge >= 0.3 is 0 Å². The molecular weight excluding hydrogens is 685 g/mol. The van der Waals surface area contributed by atoms with Gasteiger partial charge in [-0.05, 0) is 121 Å². The van der Waals surface area contributed by atoms with Gasteiger partial charge in [0.1, 0.15) is 0 Å². The molecule has 6 nitrogen and oxygen atoms in total. The number of rotatable bonds is 0. The fourth-order valence-electron chi connectivity index (χ4n) is 12.1. The smallest absolute Gasteiger partial charge is 0.173 e. The van der Waals surface area contributed by atoms with Crippen molar-refractivity contribution >= 4 is 11.4 Å². The predicted molar refractivity (Wildman–Crippen MR) is 221 cm³/mol. The zero-order valence-corrected chi connectivity index (χ0v) is 31.5. The normalized spacial score (nSPS) is 20.1. The van der Waals surface area contributed by atoms with Crippen molar-refractivity contribution in [3.8, 4) is 22.5 Å². The highest BCUT2D eigenvalue weighted by atomic mass is 15.5. The summed E-state index contributed by atoms with van der Waals surface area (Å²) in [4.78, 5) is 21.2. The van der Waals surface area contributed by atoms with Gasteiger partial charge < -0.3 is 19.6 Å². The van der Waals surface area contributed by atoms with Crippen LogP contribution in [0.5, 0.6) is 0 Å². The molecule has 0 saturated heterocycles. The maximum Gasteiger partial charge on any atom is 0.173 e. The molecule has 0 saturated carbocycles. The lowest BCUT2D eigenvalue weighted by molar-refractivity contribution is 0.0262. The Morgan fingerprint density at radius 3 is 1.38 bits per heavy atom. The van der Waals surface area contributed by atoms with Crippen LogP contribution in [-0.4, -0.2) is 33.1 Å². The summed E-state index contributed by atoms with van der Waals surface area (Å²) in [7, 11) is 0. The molecule has 0 fully saturated rings. The monoisotopic (exact) mass is 726 g/mol. The van der Waals surface area contributed by atoms with Gasteiger partial charge in [0.05, 0.1) is 30.1 Å². The first-order valence-corrected chi connectivity index (χ1v) is 20.6. The topological polar surface area (TPSA) is 38.7 Å². The van der Waals surface area contributed by atoms with Crippen LogP contribution < -0.4 is 9.80 Å². The van der Waals surface area contributed by atoms with Crippen LogP contribution in [0.25, 0.3) is 22.5 Å². The third-order valence-corrected chi connectivity index (χ3v) is 14.2. The van der Waals surface area contributed by atoms with Crippen molar-refractivity contribution in [1.29, 1.82) is 0 Å². The van der Waals surface area contributed by atoms with Crippen molar-refractivity contribution in [3.63, 3.8) is 0 Å². The van der Waals surface area contributed by atoms with Gasteiger partial charge in [-0.25, -0.2) is 0 Å². The number of hydrogen-bond donors (Lipinski definition) is 0. The first-order chi connectivity index (χ1) is 27.8. The SMILES string of the molecule is c1cc2cc(c1)C1(c3cccc(c3)N3CN(C4=C3CCCC4)C3(c4cccnc4-c4ncccc43)N3CN2C2=C3CCCC2)c2ccccc2-c2ccccc21. The van der Waals surface area contributed by atoms with Crippen LogP contribution >= 0.6 is 0 Å². The number of aromatic nitrogens is 2. The second kappa shape index (κ2) is 11.2. The van der Waals surface area contributed by atoms with E-state index in [1.54, 1.807) is 0 Å². The quantitative estimate of drug-likeness (QED) is 0.155. The first kappa shape index (κ1) is 31.1. The summed E-state index contributed by atoms with van der Waals surface area (Å²) in [5, 5.41) is 0. The second-order valence-corrected chi connectivity index (χ2v) is 16.6. The summed E-state index contributed by atoms with van der Waals surface area (Å²) >= 11 is 0. The molecule has 2 spiro atoms. The predicted octanol–water partition coefficient (Wildman–Crippen LogP) is 10.5. The molecule has 6 aromatic rings. The third kappa shape index (κ3) is 3.73. The lowest BCUT2D eigenvalue weighted by atomic mass is 9.67. The highest BCUT2D eigenvalue weighted by molar-refractivity contribution is 5.87. The largest absolute Gasteiger partial charge is 0.325 e. The van der Waals surface area contributed by atoms with Crippen molar-refractivity contribution in [1.82, 2.24) is 19.8 Å². The molecule has 6 heteroatoms. The molecule has 5 heterocycles. The lowest BCUT2D eigenvalue weighted by Crippen LogP contribution is -2.57. The fraction of sp³-hybridized carbons (Fsp3) is 0.240. The van der Waals surface area contributed by atoms with Crippen molar-refractivity contribution in [2.45, 2.75) is 62.4 Å². The number of hydrogen-bond acceptors (Lipinski definition) is 6. The number of anilines is 2.